The second-order valence-electron chi connectivity index (χ2n) is 7.10. The summed E-state index contributed by atoms with van der Waals surface area (Å²) in [5.41, 5.74) is 1.78. The molecule has 1 aromatic rings. The molecule has 0 spiro atoms. The number of hydrogen-bond donors (Lipinski definition) is 1. The highest BCUT2D eigenvalue weighted by Crippen LogP contribution is 2.30. The molecular weight excluding hydrogens is 330 g/mol. The maximum absolute atomic E-state index is 12.5. The summed E-state index contributed by atoms with van der Waals surface area (Å²) in [5.74, 6) is -0.201. The van der Waals surface area contributed by atoms with Gasteiger partial charge < -0.3 is 19.9 Å². The fraction of sp³-hybridized carbons (Fsp3) is 0.600. The summed E-state index contributed by atoms with van der Waals surface area (Å²) in [6.45, 7) is 4.51. The van der Waals surface area contributed by atoms with Crippen molar-refractivity contribution in [3.8, 4) is 0 Å². The molecule has 1 heterocycles. The van der Waals surface area contributed by atoms with Gasteiger partial charge in [0.15, 0.2) is 0 Å². The maximum Gasteiger partial charge on any atom is 0.240 e. The Morgan fingerprint density at radius 3 is 2.54 bits per heavy atom. The van der Waals surface area contributed by atoms with Crippen LogP contribution in [0.25, 0.3) is 0 Å². The van der Waals surface area contributed by atoms with Crippen LogP contribution in [0.2, 0.25) is 0 Å². The van der Waals surface area contributed by atoms with Gasteiger partial charge in [-0.05, 0) is 25.0 Å². The Labute approximate surface area is 155 Å². The molecule has 0 bridgehead atoms. The van der Waals surface area contributed by atoms with Crippen LogP contribution in [0.3, 0.4) is 0 Å². The van der Waals surface area contributed by atoms with Crippen LogP contribution in [-0.2, 0) is 14.3 Å². The molecule has 26 heavy (non-hydrogen) atoms. The number of morpholine rings is 1. The molecular formula is C20H29N3O3. The van der Waals surface area contributed by atoms with Crippen LogP contribution in [0.1, 0.15) is 39.0 Å². The molecule has 1 saturated heterocycles. The fourth-order valence-corrected chi connectivity index (χ4v) is 3.79. The number of carbonyl (C=O) groups is 2. The monoisotopic (exact) mass is 359 g/mol. The number of nitrogens with one attached hydrogen (secondary N) is 1. The lowest BCUT2D eigenvalue weighted by Crippen LogP contribution is -2.45. The third kappa shape index (κ3) is 4.75. The van der Waals surface area contributed by atoms with Gasteiger partial charge in [-0.2, -0.15) is 0 Å². The third-order valence-electron chi connectivity index (χ3n) is 5.18. The summed E-state index contributed by atoms with van der Waals surface area (Å²) >= 11 is 0. The highest BCUT2D eigenvalue weighted by Gasteiger charge is 2.23. The molecule has 0 aromatic heterocycles. The van der Waals surface area contributed by atoms with Crippen LogP contribution in [0.4, 0.5) is 11.4 Å². The lowest BCUT2D eigenvalue weighted by atomic mass is 9.95. The molecule has 2 fully saturated rings. The van der Waals surface area contributed by atoms with Gasteiger partial charge in [0.2, 0.25) is 11.8 Å². The van der Waals surface area contributed by atoms with Gasteiger partial charge in [-0.1, -0.05) is 31.4 Å². The van der Waals surface area contributed by atoms with Crippen molar-refractivity contribution < 1.29 is 14.3 Å². The number of rotatable bonds is 5. The van der Waals surface area contributed by atoms with Crippen molar-refractivity contribution in [3.63, 3.8) is 0 Å². The molecule has 6 nitrogen and oxygen atoms in total. The molecule has 1 N–H and O–H groups in total. The highest BCUT2D eigenvalue weighted by atomic mass is 16.5. The summed E-state index contributed by atoms with van der Waals surface area (Å²) in [5, 5.41) is 3.11. The first-order valence-corrected chi connectivity index (χ1v) is 9.64. The van der Waals surface area contributed by atoms with Crippen molar-refractivity contribution in [3.05, 3.63) is 24.3 Å². The van der Waals surface area contributed by atoms with Gasteiger partial charge in [0.1, 0.15) is 6.54 Å². The number of carbonyl (C=O) groups excluding carboxylic acids is 2. The highest BCUT2D eigenvalue weighted by molar-refractivity contribution is 6.00. The van der Waals surface area contributed by atoms with Crippen molar-refractivity contribution >= 4 is 23.2 Å². The van der Waals surface area contributed by atoms with Crippen molar-refractivity contribution in [1.82, 2.24) is 5.32 Å². The van der Waals surface area contributed by atoms with E-state index in [1.807, 2.05) is 24.3 Å². The second-order valence-corrected chi connectivity index (χ2v) is 7.10. The van der Waals surface area contributed by atoms with Crippen molar-refractivity contribution in [1.29, 1.82) is 0 Å². The van der Waals surface area contributed by atoms with E-state index in [-0.39, 0.29) is 24.4 Å². The average Bonchev–Trinajstić information content (AvgIpc) is 2.67. The Kier molecular flexibility index (Phi) is 6.50. The predicted octanol–water partition coefficient (Wildman–Crippen LogP) is 2.33. The van der Waals surface area contributed by atoms with E-state index >= 15 is 0 Å². The standard InChI is InChI=1S/C20H29N3O3/c1-16(24)23(15-20(25)21-17-7-3-2-4-8-17)19-10-6-5-9-18(19)22-11-13-26-14-12-22/h5-6,9-10,17H,2-4,7-8,11-15H2,1H3,(H,21,25). The number of ether oxygens (including phenoxy) is 1. The zero-order chi connectivity index (χ0) is 18.4. The van der Waals surface area contributed by atoms with Gasteiger partial charge in [0, 0.05) is 26.1 Å². The largest absolute Gasteiger partial charge is 0.378 e. The smallest absolute Gasteiger partial charge is 0.240 e. The molecule has 1 saturated carbocycles. The van der Waals surface area contributed by atoms with Crippen LogP contribution in [0, 0.1) is 0 Å². The van der Waals surface area contributed by atoms with Crippen molar-refractivity contribution in [2.75, 3.05) is 42.6 Å². The van der Waals surface area contributed by atoms with Gasteiger partial charge >= 0.3 is 0 Å². The summed E-state index contributed by atoms with van der Waals surface area (Å²) in [6, 6.07) is 8.05. The zero-order valence-corrected chi connectivity index (χ0v) is 15.6. The molecule has 0 atom stereocenters. The average molecular weight is 359 g/mol. The lowest BCUT2D eigenvalue weighted by Gasteiger charge is -2.33. The molecule has 3 rings (SSSR count). The molecule has 0 radical (unpaired) electrons. The van der Waals surface area contributed by atoms with Gasteiger partial charge in [-0.3, -0.25) is 9.59 Å². The van der Waals surface area contributed by atoms with Gasteiger partial charge in [0.25, 0.3) is 0 Å². The molecule has 6 heteroatoms. The van der Waals surface area contributed by atoms with Gasteiger partial charge in [0.05, 0.1) is 24.6 Å². The molecule has 0 unspecified atom stereocenters. The Morgan fingerprint density at radius 1 is 1.15 bits per heavy atom. The molecule has 2 aliphatic rings. The van der Waals surface area contributed by atoms with E-state index in [0.29, 0.717) is 13.2 Å². The normalized spacial score (nSPS) is 18.4. The Balaban J connectivity index is 1.73. The number of hydrogen-bond acceptors (Lipinski definition) is 4. The van der Waals surface area contributed by atoms with E-state index in [2.05, 4.69) is 10.2 Å². The molecule has 142 valence electrons. The first-order chi connectivity index (χ1) is 12.6. The maximum atomic E-state index is 12.5. The third-order valence-corrected chi connectivity index (χ3v) is 5.18. The van der Waals surface area contributed by atoms with Crippen LogP contribution in [0.5, 0.6) is 0 Å². The number of benzene rings is 1. The van der Waals surface area contributed by atoms with E-state index in [4.69, 9.17) is 4.74 Å². The number of anilines is 2. The minimum atomic E-state index is -0.121. The topological polar surface area (TPSA) is 61.9 Å². The van der Waals surface area contributed by atoms with Crippen LogP contribution in [-0.4, -0.2) is 50.7 Å². The van der Waals surface area contributed by atoms with Crippen LogP contribution in [0.15, 0.2) is 24.3 Å². The van der Waals surface area contributed by atoms with E-state index in [1.54, 1.807) is 4.90 Å². The molecule has 1 aromatic carbocycles. The summed E-state index contributed by atoms with van der Waals surface area (Å²) in [4.78, 5) is 28.7. The predicted molar refractivity (Wildman–Crippen MR) is 103 cm³/mol. The van der Waals surface area contributed by atoms with E-state index in [1.165, 1.54) is 26.2 Å². The van der Waals surface area contributed by atoms with E-state index in [9.17, 15) is 9.59 Å². The Hall–Kier alpha value is -2.08. The Bertz CT molecular complexity index is 622. The Morgan fingerprint density at radius 2 is 1.85 bits per heavy atom. The molecule has 2 amide bonds. The zero-order valence-electron chi connectivity index (χ0n) is 15.6. The van der Waals surface area contributed by atoms with E-state index in [0.717, 1.165) is 37.3 Å². The van der Waals surface area contributed by atoms with Gasteiger partial charge in [-0.15, -0.1) is 0 Å². The minimum absolute atomic E-state index is 0.0627. The lowest BCUT2D eigenvalue weighted by molar-refractivity contribution is -0.123. The van der Waals surface area contributed by atoms with Crippen molar-refractivity contribution in [2.24, 2.45) is 0 Å². The molecule has 1 aliphatic heterocycles. The molecule has 1 aliphatic carbocycles. The second kappa shape index (κ2) is 9.03. The summed E-state index contributed by atoms with van der Waals surface area (Å²) in [7, 11) is 0. The van der Waals surface area contributed by atoms with Gasteiger partial charge in [-0.25, -0.2) is 0 Å². The van der Waals surface area contributed by atoms with E-state index < -0.39 is 0 Å². The quantitative estimate of drug-likeness (QED) is 0.876. The number of amides is 2. The summed E-state index contributed by atoms with van der Waals surface area (Å²) < 4.78 is 5.43. The van der Waals surface area contributed by atoms with Crippen LogP contribution >= 0.6 is 0 Å². The SMILES string of the molecule is CC(=O)N(CC(=O)NC1CCCCC1)c1ccccc1N1CCOCC1. The van der Waals surface area contributed by atoms with Crippen molar-refractivity contribution in [2.45, 2.75) is 45.1 Å². The number of para-hydroxylation sites is 2. The summed E-state index contributed by atoms with van der Waals surface area (Å²) in [6.07, 6.45) is 5.66. The van der Waals surface area contributed by atoms with Crippen LogP contribution < -0.4 is 15.1 Å². The first kappa shape index (κ1) is 18.7. The fourth-order valence-electron chi connectivity index (χ4n) is 3.79. The number of nitrogens with zero attached hydrogens (tertiary/aromatic N) is 2. The first-order valence-electron chi connectivity index (χ1n) is 9.64. The minimum Gasteiger partial charge on any atom is -0.378 e.